The highest BCUT2D eigenvalue weighted by Crippen LogP contribution is 2.33. The van der Waals surface area contributed by atoms with Crippen LogP contribution < -0.4 is 10.1 Å². The lowest BCUT2D eigenvalue weighted by molar-refractivity contribution is -0.140. The summed E-state index contributed by atoms with van der Waals surface area (Å²) in [5, 5.41) is 12.4. The number of benzene rings is 3. The SMILES string of the molecule is COc1cccc(C(CC(=O)O)NC(=O)C(CC(C)C)N2C(=O)N(Cc3ccc(C=Cc4ccccc4)cc3)C(C)(C)C2=O)c1. The normalized spacial score (nSPS) is 15.9. The summed E-state index contributed by atoms with van der Waals surface area (Å²) in [4.78, 5) is 55.9. The Morgan fingerprint density at radius 3 is 2.18 bits per heavy atom. The number of methoxy groups -OCH3 is 1. The van der Waals surface area contributed by atoms with Gasteiger partial charge in [0.05, 0.1) is 19.6 Å². The second kappa shape index (κ2) is 14.2. The number of imide groups is 1. The fourth-order valence-corrected chi connectivity index (χ4v) is 5.41. The summed E-state index contributed by atoms with van der Waals surface area (Å²) in [6.45, 7) is 7.34. The minimum atomic E-state index is -1.20. The molecule has 1 aliphatic heterocycles. The molecule has 0 saturated carbocycles. The van der Waals surface area contributed by atoms with Crippen molar-refractivity contribution >= 4 is 36.0 Å². The Bertz CT molecular complexity index is 1550. The van der Waals surface area contributed by atoms with Crippen LogP contribution in [0.15, 0.2) is 78.9 Å². The monoisotopic (exact) mass is 611 g/mol. The number of carbonyl (C=O) groups excluding carboxylic acids is 3. The number of amides is 4. The Hall–Kier alpha value is -4.92. The maximum Gasteiger partial charge on any atom is 0.328 e. The van der Waals surface area contributed by atoms with E-state index in [1.165, 1.54) is 12.0 Å². The van der Waals surface area contributed by atoms with Crippen molar-refractivity contribution in [1.29, 1.82) is 0 Å². The third kappa shape index (κ3) is 7.98. The van der Waals surface area contributed by atoms with Crippen molar-refractivity contribution in [2.75, 3.05) is 7.11 Å². The molecule has 9 heteroatoms. The standard InChI is InChI=1S/C36H41N3O6/c1-24(2)20-31(33(42)37-30(22-32(40)41)28-12-9-13-29(21-28)45-5)39-34(43)36(3,4)38(35(39)44)23-27-18-16-26(17-19-27)15-14-25-10-7-6-8-11-25/h6-19,21,24,30-31H,20,22-23H2,1-5H3,(H,37,42)(H,40,41). The number of carboxylic acid groups (broad SMARTS) is 1. The first kappa shape index (κ1) is 33.0. The van der Waals surface area contributed by atoms with Gasteiger partial charge < -0.3 is 20.1 Å². The maximum atomic E-state index is 13.9. The van der Waals surface area contributed by atoms with E-state index in [1.807, 2.05) is 80.6 Å². The lowest BCUT2D eigenvalue weighted by Crippen LogP contribution is -2.52. The fraction of sp³-hybridized carbons (Fsp3) is 0.333. The van der Waals surface area contributed by atoms with Gasteiger partial charge in [-0.1, -0.05) is 92.7 Å². The largest absolute Gasteiger partial charge is 0.497 e. The Morgan fingerprint density at radius 1 is 0.933 bits per heavy atom. The van der Waals surface area contributed by atoms with Gasteiger partial charge in [0.1, 0.15) is 17.3 Å². The van der Waals surface area contributed by atoms with E-state index in [0.29, 0.717) is 11.3 Å². The Morgan fingerprint density at radius 2 is 1.58 bits per heavy atom. The fourth-order valence-electron chi connectivity index (χ4n) is 5.41. The lowest BCUT2D eigenvalue weighted by Gasteiger charge is -2.29. The molecular weight excluding hydrogens is 570 g/mol. The third-order valence-corrected chi connectivity index (χ3v) is 7.94. The quantitative estimate of drug-likeness (QED) is 0.177. The molecule has 0 bridgehead atoms. The van der Waals surface area contributed by atoms with Crippen LogP contribution in [0.2, 0.25) is 0 Å². The molecule has 2 N–H and O–H groups in total. The van der Waals surface area contributed by atoms with E-state index in [1.54, 1.807) is 38.1 Å². The van der Waals surface area contributed by atoms with Crippen molar-refractivity contribution in [1.82, 2.24) is 15.1 Å². The number of carbonyl (C=O) groups is 4. The van der Waals surface area contributed by atoms with Crippen LogP contribution in [0, 0.1) is 5.92 Å². The van der Waals surface area contributed by atoms with Gasteiger partial charge in [0, 0.05) is 6.54 Å². The topological polar surface area (TPSA) is 116 Å². The van der Waals surface area contributed by atoms with Crippen molar-refractivity contribution in [3.8, 4) is 5.75 Å². The minimum absolute atomic E-state index is 0.0373. The van der Waals surface area contributed by atoms with Crippen LogP contribution in [0.1, 0.15) is 68.8 Å². The second-order valence-electron chi connectivity index (χ2n) is 12.2. The molecule has 0 aromatic heterocycles. The molecule has 3 aromatic rings. The molecule has 0 spiro atoms. The first-order valence-corrected chi connectivity index (χ1v) is 15.0. The molecule has 0 aliphatic carbocycles. The molecular formula is C36H41N3O6. The van der Waals surface area contributed by atoms with Gasteiger partial charge in [0.2, 0.25) is 5.91 Å². The van der Waals surface area contributed by atoms with E-state index in [-0.39, 0.29) is 25.3 Å². The molecule has 1 fully saturated rings. The van der Waals surface area contributed by atoms with Crippen LogP contribution in [0.5, 0.6) is 5.75 Å². The van der Waals surface area contributed by atoms with Crippen molar-refractivity contribution in [3.63, 3.8) is 0 Å². The summed E-state index contributed by atoms with van der Waals surface area (Å²) in [7, 11) is 1.50. The molecule has 236 valence electrons. The molecule has 1 aliphatic rings. The summed E-state index contributed by atoms with van der Waals surface area (Å²) >= 11 is 0. The van der Waals surface area contributed by atoms with Gasteiger partial charge in [0.15, 0.2) is 0 Å². The number of hydrogen-bond donors (Lipinski definition) is 2. The predicted octanol–water partition coefficient (Wildman–Crippen LogP) is 6.16. The maximum absolute atomic E-state index is 13.9. The summed E-state index contributed by atoms with van der Waals surface area (Å²) in [6, 6.07) is 21.9. The Balaban J connectivity index is 1.56. The molecule has 2 unspecified atom stereocenters. The summed E-state index contributed by atoms with van der Waals surface area (Å²) in [5.74, 6) is -1.70. The molecule has 1 heterocycles. The highest BCUT2D eigenvalue weighted by Gasteiger charge is 2.54. The summed E-state index contributed by atoms with van der Waals surface area (Å²) in [5.41, 5.74) is 2.25. The number of hydrogen-bond acceptors (Lipinski definition) is 5. The molecule has 9 nitrogen and oxygen atoms in total. The zero-order valence-electron chi connectivity index (χ0n) is 26.4. The predicted molar refractivity (Wildman–Crippen MR) is 173 cm³/mol. The van der Waals surface area contributed by atoms with Crippen molar-refractivity contribution < 1.29 is 29.0 Å². The van der Waals surface area contributed by atoms with Gasteiger partial charge >= 0.3 is 12.0 Å². The van der Waals surface area contributed by atoms with Crippen LogP contribution in [-0.4, -0.2) is 57.4 Å². The van der Waals surface area contributed by atoms with E-state index in [2.05, 4.69) is 5.32 Å². The van der Waals surface area contributed by atoms with Crippen LogP contribution in [0.3, 0.4) is 0 Å². The van der Waals surface area contributed by atoms with Crippen molar-refractivity contribution in [3.05, 3.63) is 101 Å². The summed E-state index contributed by atoms with van der Waals surface area (Å²) in [6.07, 6.45) is 3.86. The Kier molecular flexibility index (Phi) is 10.4. The number of ether oxygens (including phenoxy) is 1. The van der Waals surface area contributed by atoms with E-state index in [0.717, 1.165) is 21.6 Å². The second-order valence-corrected chi connectivity index (χ2v) is 12.2. The molecule has 0 radical (unpaired) electrons. The zero-order chi connectivity index (χ0) is 32.7. The molecule has 2 atom stereocenters. The van der Waals surface area contributed by atoms with E-state index in [9.17, 15) is 24.3 Å². The first-order valence-electron chi connectivity index (χ1n) is 15.0. The number of rotatable bonds is 13. The highest BCUT2D eigenvalue weighted by molar-refractivity contribution is 6.09. The van der Waals surface area contributed by atoms with E-state index >= 15 is 0 Å². The molecule has 1 saturated heterocycles. The average molecular weight is 612 g/mol. The van der Waals surface area contributed by atoms with E-state index in [4.69, 9.17) is 4.74 Å². The van der Waals surface area contributed by atoms with Crippen LogP contribution >= 0.6 is 0 Å². The highest BCUT2D eigenvalue weighted by atomic mass is 16.5. The number of nitrogens with zero attached hydrogens (tertiary/aromatic N) is 2. The molecule has 45 heavy (non-hydrogen) atoms. The lowest BCUT2D eigenvalue weighted by atomic mass is 9.97. The van der Waals surface area contributed by atoms with Crippen molar-refractivity contribution in [2.45, 2.75) is 64.7 Å². The number of urea groups is 1. The third-order valence-electron chi connectivity index (χ3n) is 7.94. The van der Waals surface area contributed by atoms with E-state index < -0.39 is 41.4 Å². The Labute approximate surface area is 264 Å². The zero-order valence-corrected chi connectivity index (χ0v) is 26.4. The average Bonchev–Trinajstić information content (AvgIpc) is 3.18. The van der Waals surface area contributed by atoms with Gasteiger partial charge in [-0.2, -0.15) is 0 Å². The van der Waals surface area contributed by atoms with Crippen molar-refractivity contribution in [2.24, 2.45) is 5.92 Å². The smallest absolute Gasteiger partial charge is 0.328 e. The number of aliphatic carboxylic acids is 1. The van der Waals surface area contributed by atoms with Gasteiger partial charge in [-0.05, 0) is 60.6 Å². The molecule has 3 aromatic carbocycles. The van der Waals surface area contributed by atoms with Gasteiger partial charge in [-0.15, -0.1) is 0 Å². The van der Waals surface area contributed by atoms with Crippen LogP contribution in [0.25, 0.3) is 12.2 Å². The number of carboxylic acids is 1. The van der Waals surface area contributed by atoms with Gasteiger partial charge in [-0.25, -0.2) is 9.69 Å². The first-order chi connectivity index (χ1) is 21.4. The molecule has 4 rings (SSSR count). The van der Waals surface area contributed by atoms with Gasteiger partial charge in [0.25, 0.3) is 5.91 Å². The van der Waals surface area contributed by atoms with Crippen LogP contribution in [-0.2, 0) is 20.9 Å². The van der Waals surface area contributed by atoms with Crippen LogP contribution in [0.4, 0.5) is 4.79 Å². The van der Waals surface area contributed by atoms with Gasteiger partial charge in [-0.3, -0.25) is 14.4 Å². The number of nitrogens with one attached hydrogen (secondary N) is 1. The summed E-state index contributed by atoms with van der Waals surface area (Å²) < 4.78 is 5.28. The minimum Gasteiger partial charge on any atom is -0.497 e. The molecule has 4 amide bonds.